The predicted octanol–water partition coefficient (Wildman–Crippen LogP) is 4.14. The molecule has 3 aromatic rings. The number of fused-ring (bicyclic) bond motifs is 1. The van der Waals surface area contributed by atoms with Crippen LogP contribution < -0.4 is 5.32 Å². The second-order valence-corrected chi connectivity index (χ2v) is 6.50. The molecule has 1 aliphatic rings. The third-order valence-electron chi connectivity index (χ3n) is 4.60. The molecule has 0 spiro atoms. The van der Waals surface area contributed by atoms with Crippen LogP contribution in [0.3, 0.4) is 0 Å². The predicted molar refractivity (Wildman–Crippen MR) is 95.4 cm³/mol. The molecule has 24 heavy (non-hydrogen) atoms. The van der Waals surface area contributed by atoms with Crippen LogP contribution in [-0.2, 0) is 6.54 Å². The number of benzene rings is 1. The summed E-state index contributed by atoms with van der Waals surface area (Å²) in [5.41, 5.74) is 3.56. The van der Waals surface area contributed by atoms with Gasteiger partial charge in [-0.3, -0.25) is 4.79 Å². The summed E-state index contributed by atoms with van der Waals surface area (Å²) in [6.45, 7) is 5.15. The minimum Gasteiger partial charge on any atom is -0.340 e. The van der Waals surface area contributed by atoms with Gasteiger partial charge >= 0.3 is 0 Å². The van der Waals surface area contributed by atoms with E-state index >= 15 is 0 Å². The summed E-state index contributed by atoms with van der Waals surface area (Å²) in [4.78, 5) is 17.2. The molecule has 0 atom stereocenters. The van der Waals surface area contributed by atoms with E-state index in [1.165, 1.54) is 0 Å². The van der Waals surface area contributed by atoms with E-state index in [0.717, 1.165) is 54.0 Å². The molecule has 4 rings (SSSR count). The average molecular weight is 322 g/mol. The Morgan fingerprint density at radius 1 is 1.33 bits per heavy atom. The van der Waals surface area contributed by atoms with E-state index in [4.69, 9.17) is 0 Å². The van der Waals surface area contributed by atoms with Gasteiger partial charge in [-0.2, -0.15) is 0 Å². The van der Waals surface area contributed by atoms with Crippen molar-refractivity contribution >= 4 is 22.6 Å². The Hall–Kier alpha value is -2.56. The molecule has 5 nitrogen and oxygen atoms in total. The lowest BCUT2D eigenvalue weighted by Gasteiger charge is -2.09. The zero-order valence-corrected chi connectivity index (χ0v) is 14.1. The lowest BCUT2D eigenvalue weighted by atomic mass is 10.2. The van der Waals surface area contributed by atoms with E-state index < -0.39 is 0 Å². The molecule has 1 fully saturated rings. The third-order valence-corrected chi connectivity index (χ3v) is 4.60. The largest absolute Gasteiger partial charge is 0.340 e. The van der Waals surface area contributed by atoms with E-state index in [1.54, 1.807) is 0 Å². The van der Waals surface area contributed by atoms with Crippen molar-refractivity contribution in [3.63, 3.8) is 0 Å². The van der Waals surface area contributed by atoms with Gasteiger partial charge in [0, 0.05) is 24.5 Å². The van der Waals surface area contributed by atoms with E-state index in [9.17, 15) is 4.79 Å². The van der Waals surface area contributed by atoms with Crippen LogP contribution in [-0.4, -0.2) is 20.0 Å². The summed E-state index contributed by atoms with van der Waals surface area (Å²) >= 11 is 0. The van der Waals surface area contributed by atoms with Crippen LogP contribution in [0.5, 0.6) is 0 Å². The van der Waals surface area contributed by atoms with Crippen molar-refractivity contribution in [2.24, 2.45) is 0 Å². The summed E-state index contributed by atoms with van der Waals surface area (Å²) < 4.78 is 4.30. The number of imidazole rings is 1. The fourth-order valence-electron chi connectivity index (χ4n) is 3.29. The van der Waals surface area contributed by atoms with Crippen LogP contribution in [0.4, 0.5) is 5.69 Å². The number of nitrogens with one attached hydrogen (secondary N) is 1. The molecule has 0 bridgehead atoms. The van der Waals surface area contributed by atoms with Gasteiger partial charge in [0.15, 0.2) is 0 Å². The Labute approximate surface area is 141 Å². The number of aromatic nitrogens is 3. The number of hydrogen-bond acceptors (Lipinski definition) is 2. The molecule has 1 aliphatic carbocycles. The van der Waals surface area contributed by atoms with Gasteiger partial charge in [0.25, 0.3) is 5.91 Å². The van der Waals surface area contributed by atoms with Crippen LogP contribution in [0.25, 0.3) is 11.0 Å². The first-order valence-electron chi connectivity index (χ1n) is 8.62. The number of amides is 1. The molecule has 0 saturated heterocycles. The van der Waals surface area contributed by atoms with Gasteiger partial charge in [-0.25, -0.2) is 4.98 Å². The molecule has 5 heteroatoms. The zero-order valence-electron chi connectivity index (χ0n) is 14.1. The van der Waals surface area contributed by atoms with E-state index in [2.05, 4.69) is 26.4 Å². The van der Waals surface area contributed by atoms with Gasteiger partial charge in [0.2, 0.25) is 0 Å². The molecule has 1 aromatic carbocycles. The molecule has 2 aromatic heterocycles. The van der Waals surface area contributed by atoms with Crippen molar-refractivity contribution in [3.05, 3.63) is 48.0 Å². The fraction of sp³-hybridized carbons (Fsp3) is 0.368. The van der Waals surface area contributed by atoms with E-state index in [0.29, 0.717) is 6.04 Å². The van der Waals surface area contributed by atoms with Gasteiger partial charge in [-0.1, -0.05) is 6.92 Å². The molecule has 1 N–H and O–H groups in total. The topological polar surface area (TPSA) is 51.9 Å². The fourth-order valence-corrected chi connectivity index (χ4v) is 3.29. The molecule has 1 saturated carbocycles. The van der Waals surface area contributed by atoms with E-state index in [1.807, 2.05) is 43.5 Å². The first kappa shape index (κ1) is 15.0. The van der Waals surface area contributed by atoms with Crippen molar-refractivity contribution in [2.45, 2.75) is 45.7 Å². The number of carbonyl (C=O) groups excluding carboxylic acids is 1. The summed E-state index contributed by atoms with van der Waals surface area (Å²) in [6.07, 6.45) is 5.39. The molecular formula is C19H22N4O. The first-order chi connectivity index (χ1) is 11.7. The summed E-state index contributed by atoms with van der Waals surface area (Å²) in [7, 11) is 0. The minimum atomic E-state index is -0.0593. The molecule has 1 amide bonds. The molecule has 2 heterocycles. The molecular weight excluding hydrogens is 300 g/mol. The first-order valence-corrected chi connectivity index (χ1v) is 8.62. The van der Waals surface area contributed by atoms with Gasteiger partial charge in [0.1, 0.15) is 11.5 Å². The number of anilines is 1. The molecule has 124 valence electrons. The second-order valence-electron chi connectivity index (χ2n) is 6.50. The van der Waals surface area contributed by atoms with Gasteiger partial charge in [-0.05, 0) is 56.5 Å². The van der Waals surface area contributed by atoms with Gasteiger partial charge < -0.3 is 14.5 Å². The number of carbonyl (C=O) groups is 1. The van der Waals surface area contributed by atoms with Crippen molar-refractivity contribution < 1.29 is 4.79 Å². The third kappa shape index (κ3) is 2.60. The molecule has 0 aliphatic heterocycles. The Kier molecular flexibility index (Phi) is 3.63. The van der Waals surface area contributed by atoms with Crippen molar-refractivity contribution in [3.8, 4) is 0 Å². The highest BCUT2D eigenvalue weighted by Crippen LogP contribution is 2.36. The maximum atomic E-state index is 12.6. The number of rotatable bonds is 5. The Balaban J connectivity index is 1.60. The van der Waals surface area contributed by atoms with Crippen molar-refractivity contribution in [1.82, 2.24) is 14.1 Å². The van der Waals surface area contributed by atoms with Crippen LogP contribution in [0.15, 0.2) is 36.5 Å². The van der Waals surface area contributed by atoms with Gasteiger partial charge in [0.05, 0.1) is 11.0 Å². The number of hydrogen-bond donors (Lipinski definition) is 1. The van der Waals surface area contributed by atoms with Crippen molar-refractivity contribution in [2.75, 3.05) is 5.32 Å². The van der Waals surface area contributed by atoms with E-state index in [-0.39, 0.29) is 5.91 Å². The van der Waals surface area contributed by atoms with Crippen LogP contribution >= 0.6 is 0 Å². The number of nitrogens with zero attached hydrogens (tertiary/aromatic N) is 3. The lowest BCUT2D eigenvalue weighted by Crippen LogP contribution is -2.16. The lowest BCUT2D eigenvalue weighted by molar-refractivity contribution is 0.101. The number of aryl methyl sites for hydroxylation is 2. The average Bonchev–Trinajstić information content (AvgIpc) is 3.20. The zero-order chi connectivity index (χ0) is 16.7. The molecule has 0 unspecified atom stereocenters. The quantitative estimate of drug-likeness (QED) is 0.767. The SMILES string of the molecule is CCCn1c(C)nc2cc(NC(=O)c3cccn3C3CC3)ccc21. The smallest absolute Gasteiger partial charge is 0.272 e. The second kappa shape index (κ2) is 5.82. The Morgan fingerprint density at radius 3 is 2.92 bits per heavy atom. The van der Waals surface area contributed by atoms with Crippen LogP contribution in [0, 0.1) is 6.92 Å². The van der Waals surface area contributed by atoms with Crippen LogP contribution in [0.1, 0.15) is 48.5 Å². The van der Waals surface area contributed by atoms with Gasteiger partial charge in [-0.15, -0.1) is 0 Å². The van der Waals surface area contributed by atoms with Crippen molar-refractivity contribution in [1.29, 1.82) is 0 Å². The maximum absolute atomic E-state index is 12.6. The monoisotopic (exact) mass is 322 g/mol. The summed E-state index contributed by atoms with van der Waals surface area (Å²) in [6, 6.07) is 10.3. The highest BCUT2D eigenvalue weighted by atomic mass is 16.1. The highest BCUT2D eigenvalue weighted by molar-refractivity contribution is 6.04. The Morgan fingerprint density at radius 2 is 2.17 bits per heavy atom. The standard InChI is InChI=1S/C19H22N4O/c1-3-10-22-13(2)20-16-12-14(6-9-17(16)22)21-19(24)18-5-4-11-23(18)15-7-8-15/h4-6,9,11-12,15H,3,7-8,10H2,1-2H3,(H,21,24). The summed E-state index contributed by atoms with van der Waals surface area (Å²) in [5, 5.41) is 3.01. The van der Waals surface area contributed by atoms with Crippen LogP contribution in [0.2, 0.25) is 0 Å². The highest BCUT2D eigenvalue weighted by Gasteiger charge is 2.26. The molecule has 0 radical (unpaired) electrons. The minimum absolute atomic E-state index is 0.0593. The maximum Gasteiger partial charge on any atom is 0.272 e. The Bertz CT molecular complexity index is 901. The summed E-state index contributed by atoms with van der Waals surface area (Å²) in [5.74, 6) is 0.953. The normalized spacial score (nSPS) is 14.2.